The first-order chi connectivity index (χ1) is 29.6. The van der Waals surface area contributed by atoms with Gasteiger partial charge in [-0.1, -0.05) is 109 Å². The van der Waals surface area contributed by atoms with E-state index in [-0.39, 0.29) is 36.0 Å². The van der Waals surface area contributed by atoms with Gasteiger partial charge in [-0.15, -0.1) is 0 Å². The van der Waals surface area contributed by atoms with Crippen molar-refractivity contribution in [2.45, 2.75) is 75.5 Å². The second kappa shape index (κ2) is 17.0. The molecule has 0 radical (unpaired) electrons. The molecule has 60 heavy (non-hydrogen) atoms. The Bertz CT molecular complexity index is 2210. The van der Waals surface area contributed by atoms with Crippen molar-refractivity contribution in [3.05, 3.63) is 144 Å². The average Bonchev–Trinajstić information content (AvgIpc) is 4.16. The molecule has 4 fully saturated rings. The highest BCUT2D eigenvalue weighted by atomic mass is 16.2. The highest BCUT2D eigenvalue weighted by Crippen LogP contribution is 2.39. The molecule has 6 heterocycles. The monoisotopic (exact) mass is 798 g/mol. The number of hydrogen-bond donors (Lipinski definition) is 2. The summed E-state index contributed by atoms with van der Waals surface area (Å²) in [7, 11) is 0. The number of nitrogens with one attached hydrogen (secondary N) is 2. The molecule has 10 nitrogen and oxygen atoms in total. The van der Waals surface area contributed by atoms with Crippen LogP contribution in [0.25, 0.3) is 33.6 Å². The predicted molar refractivity (Wildman–Crippen MR) is 234 cm³/mol. The fourth-order valence-corrected chi connectivity index (χ4v) is 10.2. The second-order valence-corrected chi connectivity index (χ2v) is 17.0. The Morgan fingerprint density at radius 1 is 0.467 bits per heavy atom. The van der Waals surface area contributed by atoms with Crippen LogP contribution in [0.15, 0.2) is 122 Å². The minimum atomic E-state index is -0.250. The maximum Gasteiger partial charge on any atom is 0.245 e. The quantitative estimate of drug-likeness (QED) is 0.136. The highest BCUT2D eigenvalue weighted by Gasteiger charge is 2.41. The zero-order chi connectivity index (χ0) is 40.4. The summed E-state index contributed by atoms with van der Waals surface area (Å²) in [6, 6.07) is 37.1. The summed E-state index contributed by atoms with van der Waals surface area (Å²) in [5.74, 6) is 2.08. The summed E-state index contributed by atoms with van der Waals surface area (Å²) < 4.78 is 0. The summed E-state index contributed by atoms with van der Waals surface area (Å²) in [6.07, 6.45) is 12.1. The normalized spacial score (nSPS) is 20.9. The van der Waals surface area contributed by atoms with Crippen LogP contribution in [0, 0.1) is 0 Å². The van der Waals surface area contributed by atoms with E-state index in [0.29, 0.717) is 0 Å². The molecule has 2 N–H and O–H groups in total. The van der Waals surface area contributed by atoms with E-state index in [1.54, 1.807) is 0 Å². The van der Waals surface area contributed by atoms with Crippen LogP contribution in [-0.4, -0.2) is 90.6 Å². The van der Waals surface area contributed by atoms with Crippen LogP contribution in [0.5, 0.6) is 0 Å². The first kappa shape index (κ1) is 38.4. The van der Waals surface area contributed by atoms with Crippen molar-refractivity contribution < 1.29 is 9.59 Å². The summed E-state index contributed by atoms with van der Waals surface area (Å²) in [5.41, 5.74) is 8.43. The number of imidazole rings is 2. The third kappa shape index (κ3) is 7.58. The fourth-order valence-electron chi connectivity index (χ4n) is 10.2. The number of rotatable bonds is 11. The van der Waals surface area contributed by atoms with Crippen LogP contribution in [0.4, 0.5) is 0 Å². The summed E-state index contributed by atoms with van der Waals surface area (Å²) in [4.78, 5) is 54.3. The van der Waals surface area contributed by atoms with Gasteiger partial charge in [0.05, 0.1) is 35.9 Å². The van der Waals surface area contributed by atoms with Crippen molar-refractivity contribution in [3.8, 4) is 33.6 Å². The molecule has 4 aromatic carbocycles. The lowest BCUT2D eigenvalue weighted by molar-refractivity contribution is -0.138. The molecule has 2 aromatic heterocycles. The molecular formula is C50H54N8O2. The molecule has 306 valence electrons. The molecule has 4 atom stereocenters. The first-order valence-corrected chi connectivity index (χ1v) is 22.1. The Morgan fingerprint density at radius 3 is 1.22 bits per heavy atom. The predicted octanol–water partition coefficient (Wildman–Crippen LogP) is 9.14. The molecule has 4 aliphatic rings. The summed E-state index contributed by atoms with van der Waals surface area (Å²) >= 11 is 0. The minimum absolute atomic E-state index is 0.0600. The van der Waals surface area contributed by atoms with Gasteiger partial charge in [-0.05, 0) is 111 Å². The van der Waals surface area contributed by atoms with Gasteiger partial charge in [-0.25, -0.2) is 9.97 Å². The number of hydrogen-bond acceptors (Lipinski definition) is 6. The Kier molecular flexibility index (Phi) is 10.9. The van der Waals surface area contributed by atoms with E-state index in [1.165, 1.54) is 0 Å². The van der Waals surface area contributed by atoms with Crippen LogP contribution >= 0.6 is 0 Å². The zero-order valence-corrected chi connectivity index (χ0v) is 34.3. The van der Waals surface area contributed by atoms with Gasteiger partial charge in [-0.3, -0.25) is 19.4 Å². The molecule has 10 heteroatoms. The molecule has 6 aromatic rings. The number of amides is 2. The molecule has 4 aliphatic heterocycles. The van der Waals surface area contributed by atoms with E-state index in [1.807, 2.05) is 48.8 Å². The van der Waals surface area contributed by atoms with E-state index >= 15 is 0 Å². The lowest BCUT2D eigenvalue weighted by Gasteiger charge is -2.33. The zero-order valence-electron chi connectivity index (χ0n) is 34.3. The number of nitrogens with zero attached hydrogens (tertiary/aromatic N) is 6. The number of carbonyl (C=O) groups is 2. The third-order valence-corrected chi connectivity index (χ3v) is 13.3. The van der Waals surface area contributed by atoms with Crippen molar-refractivity contribution in [1.82, 2.24) is 39.5 Å². The molecule has 4 saturated heterocycles. The second-order valence-electron chi connectivity index (χ2n) is 17.0. The average molecular weight is 799 g/mol. The van der Waals surface area contributed by atoms with Gasteiger partial charge in [0.2, 0.25) is 11.8 Å². The third-order valence-electron chi connectivity index (χ3n) is 13.3. The SMILES string of the molecule is O=C(C(c1ccccc1)N1CCCC1)N1CCC[C@H]1c1ncc(-c2ccc(-c3ccc(-c4cnc([C@@H]5CCCN5C(=O)C(c5ccccc5)N5CCCC5)[nH]4)cc3)cc2)[nH]1. The summed E-state index contributed by atoms with van der Waals surface area (Å²) in [6.45, 7) is 5.33. The van der Waals surface area contributed by atoms with E-state index in [2.05, 4.69) is 102 Å². The van der Waals surface area contributed by atoms with Gasteiger partial charge < -0.3 is 19.8 Å². The van der Waals surface area contributed by atoms with Gasteiger partial charge in [0.1, 0.15) is 23.7 Å². The number of likely N-dealkylation sites (tertiary alicyclic amines) is 4. The molecule has 0 spiro atoms. The van der Waals surface area contributed by atoms with Gasteiger partial charge in [0, 0.05) is 13.1 Å². The van der Waals surface area contributed by atoms with Crippen LogP contribution in [-0.2, 0) is 9.59 Å². The number of benzene rings is 4. The first-order valence-electron chi connectivity index (χ1n) is 22.1. The van der Waals surface area contributed by atoms with E-state index in [0.717, 1.165) is 147 Å². The van der Waals surface area contributed by atoms with Crippen LogP contribution in [0.1, 0.15) is 98.3 Å². The number of carbonyl (C=O) groups excluding carboxylic acids is 2. The molecule has 10 rings (SSSR count). The van der Waals surface area contributed by atoms with Crippen molar-refractivity contribution in [3.63, 3.8) is 0 Å². The van der Waals surface area contributed by atoms with Gasteiger partial charge in [-0.2, -0.15) is 0 Å². The lowest BCUT2D eigenvalue weighted by Crippen LogP contribution is -2.42. The highest BCUT2D eigenvalue weighted by molar-refractivity contribution is 5.85. The van der Waals surface area contributed by atoms with Gasteiger partial charge >= 0.3 is 0 Å². The van der Waals surface area contributed by atoms with E-state index in [9.17, 15) is 9.59 Å². The molecule has 0 aliphatic carbocycles. The number of aromatic nitrogens is 4. The lowest BCUT2D eigenvalue weighted by atomic mass is 10.0. The fraction of sp³-hybridized carbons (Fsp3) is 0.360. The number of H-pyrrole nitrogens is 2. The van der Waals surface area contributed by atoms with Crippen LogP contribution in [0.2, 0.25) is 0 Å². The van der Waals surface area contributed by atoms with Gasteiger partial charge in [0.15, 0.2) is 0 Å². The molecule has 2 unspecified atom stereocenters. The summed E-state index contributed by atoms with van der Waals surface area (Å²) in [5, 5.41) is 0. The van der Waals surface area contributed by atoms with E-state index < -0.39 is 0 Å². The Hall–Kier alpha value is -5.84. The van der Waals surface area contributed by atoms with Crippen molar-refractivity contribution >= 4 is 11.8 Å². The largest absolute Gasteiger partial charge is 0.340 e. The van der Waals surface area contributed by atoms with Crippen LogP contribution < -0.4 is 0 Å². The van der Waals surface area contributed by atoms with Crippen molar-refractivity contribution in [2.75, 3.05) is 39.3 Å². The van der Waals surface area contributed by atoms with E-state index in [4.69, 9.17) is 9.97 Å². The number of aromatic amines is 2. The standard InChI is InChI=1S/C50H54N8O2/c59-49(45(55-27-7-8-28-55)39-13-3-1-4-14-39)57-31-11-17-43(57)47-51-33-41(53-47)37-23-19-35(20-24-37)36-21-25-38(26-22-36)42-34-52-48(54-42)44-18-12-32-58(44)50(60)46(56-29-9-10-30-56)40-15-5-2-6-16-40/h1-6,13-16,19-26,33-34,43-46H,7-12,17-18,27-32H2,(H,51,53)(H,52,54)/t43-,44-,45?,46?/m0/s1. The van der Waals surface area contributed by atoms with Crippen molar-refractivity contribution in [2.24, 2.45) is 0 Å². The Balaban J connectivity index is 0.805. The molecule has 0 saturated carbocycles. The van der Waals surface area contributed by atoms with Crippen LogP contribution in [0.3, 0.4) is 0 Å². The molecular weight excluding hydrogens is 745 g/mol. The topological polar surface area (TPSA) is 104 Å². The Labute approximate surface area is 352 Å². The van der Waals surface area contributed by atoms with Crippen molar-refractivity contribution in [1.29, 1.82) is 0 Å². The minimum Gasteiger partial charge on any atom is -0.340 e. The van der Waals surface area contributed by atoms with Gasteiger partial charge in [0.25, 0.3) is 0 Å². The molecule has 2 amide bonds. The smallest absolute Gasteiger partial charge is 0.245 e. The maximum atomic E-state index is 14.3. The molecule has 0 bridgehead atoms. The Morgan fingerprint density at radius 2 is 0.833 bits per heavy atom. The maximum absolute atomic E-state index is 14.3.